The fraction of sp³-hybridized carbons (Fsp3) is 0.333. The molecule has 37 heavy (non-hydrogen) atoms. The largest absolute Gasteiger partial charge is 0.378 e. The van der Waals surface area contributed by atoms with Crippen molar-refractivity contribution in [2.75, 3.05) is 44.3 Å². The lowest BCUT2D eigenvalue weighted by molar-refractivity contribution is 0.0303. The van der Waals surface area contributed by atoms with Crippen LogP contribution in [-0.2, 0) is 4.74 Å². The Bertz CT molecular complexity index is 1490. The first kappa shape index (κ1) is 24.5. The van der Waals surface area contributed by atoms with E-state index in [0.717, 1.165) is 11.3 Å². The van der Waals surface area contributed by atoms with Crippen molar-refractivity contribution in [2.24, 2.45) is 0 Å². The lowest BCUT2D eigenvalue weighted by Crippen LogP contribution is -2.42. The molecule has 5 rings (SSSR count). The predicted molar refractivity (Wildman–Crippen MR) is 135 cm³/mol. The van der Waals surface area contributed by atoms with Crippen molar-refractivity contribution in [2.45, 2.75) is 19.4 Å². The van der Waals surface area contributed by atoms with Gasteiger partial charge < -0.3 is 24.8 Å². The molecule has 3 aromatic rings. The highest BCUT2D eigenvalue weighted by atomic mass is 19.1. The number of carbonyl (C=O) groups excluding carboxylic acids is 2. The lowest BCUT2D eigenvalue weighted by Gasteiger charge is -2.30. The predicted octanol–water partition coefficient (Wildman–Crippen LogP) is 2.33. The Morgan fingerprint density at radius 1 is 1.16 bits per heavy atom. The molecule has 190 valence electrons. The second-order valence-electron chi connectivity index (χ2n) is 9.32. The topological polar surface area (TPSA) is 119 Å². The summed E-state index contributed by atoms with van der Waals surface area (Å²) in [5, 5.41) is 12.8. The molecule has 1 atom stereocenters. The number of nitriles is 1. The number of anilines is 1. The number of aryl methyl sites for hydroxylation is 1. The van der Waals surface area contributed by atoms with Crippen LogP contribution in [0.25, 0.3) is 10.9 Å². The van der Waals surface area contributed by atoms with Gasteiger partial charge in [-0.15, -0.1) is 0 Å². The van der Waals surface area contributed by atoms with E-state index < -0.39 is 17.3 Å². The number of pyridine rings is 1. The number of nitrogens with one attached hydrogen (secondary N) is 2. The minimum absolute atomic E-state index is 0.00678. The van der Waals surface area contributed by atoms with Crippen LogP contribution in [0.1, 0.15) is 38.3 Å². The normalized spacial score (nSPS) is 17.6. The van der Waals surface area contributed by atoms with Crippen LogP contribution in [0, 0.1) is 24.1 Å². The van der Waals surface area contributed by atoms with Crippen molar-refractivity contribution in [1.29, 1.82) is 5.26 Å². The second kappa shape index (κ2) is 10.0. The summed E-state index contributed by atoms with van der Waals surface area (Å²) in [5.74, 6) is -1.22. The third-order valence-electron chi connectivity index (χ3n) is 6.87. The molecule has 2 N–H and O–H groups in total. The van der Waals surface area contributed by atoms with Gasteiger partial charge in [0.2, 0.25) is 5.56 Å². The maximum absolute atomic E-state index is 14.2. The molecule has 0 aliphatic carbocycles. The Balaban J connectivity index is 1.39. The van der Waals surface area contributed by atoms with Gasteiger partial charge in [-0.1, -0.05) is 12.1 Å². The van der Waals surface area contributed by atoms with Crippen LogP contribution in [-0.4, -0.2) is 67.1 Å². The number of ether oxygens (including phenoxy) is 1. The summed E-state index contributed by atoms with van der Waals surface area (Å²) >= 11 is 0. The van der Waals surface area contributed by atoms with E-state index >= 15 is 0 Å². The molecule has 2 aliphatic rings. The van der Waals surface area contributed by atoms with E-state index in [2.05, 4.69) is 16.4 Å². The van der Waals surface area contributed by atoms with E-state index in [4.69, 9.17) is 4.74 Å². The molecule has 0 bridgehead atoms. The molecule has 2 fully saturated rings. The van der Waals surface area contributed by atoms with Gasteiger partial charge in [0, 0.05) is 43.7 Å². The van der Waals surface area contributed by atoms with Crippen LogP contribution >= 0.6 is 0 Å². The zero-order valence-electron chi connectivity index (χ0n) is 20.3. The van der Waals surface area contributed by atoms with Crippen LogP contribution in [0.15, 0.2) is 41.2 Å². The smallest absolute Gasteiger partial charge is 0.256 e. The number of carbonyl (C=O) groups is 2. The number of aromatic nitrogens is 1. The molecule has 10 heteroatoms. The number of hydrogen-bond acceptors (Lipinski definition) is 6. The summed E-state index contributed by atoms with van der Waals surface area (Å²) in [6.45, 7) is 4.81. The van der Waals surface area contributed by atoms with Gasteiger partial charge in [0.05, 0.1) is 47.2 Å². The summed E-state index contributed by atoms with van der Waals surface area (Å²) in [6, 6.07) is 10.8. The lowest BCUT2D eigenvalue weighted by atomic mass is 10.0. The number of fused-ring (bicyclic) bond motifs is 1. The highest BCUT2D eigenvalue weighted by Gasteiger charge is 2.31. The zero-order valence-corrected chi connectivity index (χ0v) is 20.3. The summed E-state index contributed by atoms with van der Waals surface area (Å²) in [5.41, 5.74) is 1.96. The molecule has 0 saturated carbocycles. The molecule has 9 nitrogen and oxygen atoms in total. The summed E-state index contributed by atoms with van der Waals surface area (Å²) in [6.07, 6.45) is 0.617. The summed E-state index contributed by atoms with van der Waals surface area (Å²) in [4.78, 5) is 44.9. The number of aromatic amines is 1. The Kier molecular flexibility index (Phi) is 6.63. The van der Waals surface area contributed by atoms with Gasteiger partial charge in [-0.05, 0) is 37.1 Å². The average Bonchev–Trinajstić information content (AvgIpc) is 3.36. The minimum atomic E-state index is -0.606. The van der Waals surface area contributed by atoms with Gasteiger partial charge in [-0.25, -0.2) is 4.39 Å². The molecular weight excluding hydrogens is 477 g/mol. The monoisotopic (exact) mass is 503 g/mol. The van der Waals surface area contributed by atoms with E-state index in [1.807, 2.05) is 11.8 Å². The zero-order chi connectivity index (χ0) is 26.1. The van der Waals surface area contributed by atoms with Gasteiger partial charge in [-0.3, -0.25) is 14.4 Å². The molecule has 1 aromatic heterocycles. The highest BCUT2D eigenvalue weighted by molar-refractivity contribution is 6.06. The molecule has 0 spiro atoms. The molecule has 2 amide bonds. The van der Waals surface area contributed by atoms with Crippen LogP contribution in [0.3, 0.4) is 0 Å². The first-order valence-corrected chi connectivity index (χ1v) is 12.1. The number of hydrogen-bond donors (Lipinski definition) is 2. The van der Waals surface area contributed by atoms with E-state index in [0.29, 0.717) is 62.3 Å². The van der Waals surface area contributed by atoms with Crippen LogP contribution < -0.4 is 15.8 Å². The van der Waals surface area contributed by atoms with Crippen LogP contribution in [0.5, 0.6) is 0 Å². The number of para-hydroxylation sites is 1. The number of benzene rings is 2. The molecule has 0 unspecified atom stereocenters. The van der Waals surface area contributed by atoms with Crippen molar-refractivity contribution in [1.82, 2.24) is 15.2 Å². The van der Waals surface area contributed by atoms with E-state index in [9.17, 15) is 24.0 Å². The minimum Gasteiger partial charge on any atom is -0.378 e. The van der Waals surface area contributed by atoms with Gasteiger partial charge in [0.25, 0.3) is 11.8 Å². The molecule has 2 aliphatic heterocycles. The first-order valence-electron chi connectivity index (χ1n) is 12.1. The number of morpholine rings is 1. The van der Waals surface area contributed by atoms with Crippen molar-refractivity contribution < 1.29 is 18.7 Å². The van der Waals surface area contributed by atoms with Crippen molar-refractivity contribution in [3.63, 3.8) is 0 Å². The third kappa shape index (κ3) is 4.78. The molecule has 0 radical (unpaired) electrons. The Labute approximate surface area is 212 Å². The number of amides is 2. The standard InChI is InChI=1S/C27H26FN5O4/c1-16-11-17(14-29)12-21(27(36)32-7-9-37-10-8-32)25(16)33-6-5-18(15-33)30-26(35)20-13-23(34)31-24-19(20)3-2-4-22(24)28/h2-4,11-13,18H,5-10,15H2,1H3,(H,30,35)(H,31,34)/t18-/m1/s1. The quantitative estimate of drug-likeness (QED) is 0.564. The van der Waals surface area contributed by atoms with Crippen LogP contribution in [0.4, 0.5) is 10.1 Å². The van der Waals surface area contributed by atoms with Gasteiger partial charge in [0.1, 0.15) is 5.82 Å². The van der Waals surface area contributed by atoms with E-state index in [1.165, 1.54) is 18.2 Å². The second-order valence-corrected chi connectivity index (χ2v) is 9.32. The van der Waals surface area contributed by atoms with Gasteiger partial charge in [-0.2, -0.15) is 5.26 Å². The average molecular weight is 504 g/mol. The fourth-order valence-corrected chi connectivity index (χ4v) is 5.14. The van der Waals surface area contributed by atoms with Crippen LogP contribution in [0.2, 0.25) is 0 Å². The van der Waals surface area contributed by atoms with E-state index in [-0.39, 0.29) is 23.0 Å². The Hall–Kier alpha value is -4.23. The number of halogens is 1. The number of rotatable bonds is 4. The summed E-state index contributed by atoms with van der Waals surface area (Å²) < 4.78 is 19.6. The highest BCUT2D eigenvalue weighted by Crippen LogP contribution is 2.31. The third-order valence-corrected chi connectivity index (χ3v) is 6.87. The van der Waals surface area contributed by atoms with Crippen molar-refractivity contribution in [3.05, 3.63) is 74.8 Å². The number of H-pyrrole nitrogens is 1. The van der Waals surface area contributed by atoms with Crippen molar-refractivity contribution in [3.8, 4) is 6.07 Å². The molecule has 3 heterocycles. The maximum Gasteiger partial charge on any atom is 0.256 e. The number of nitrogens with zero attached hydrogens (tertiary/aromatic N) is 3. The Morgan fingerprint density at radius 2 is 1.95 bits per heavy atom. The maximum atomic E-state index is 14.2. The molecule has 2 aromatic carbocycles. The van der Waals surface area contributed by atoms with Gasteiger partial charge in [0.15, 0.2) is 0 Å². The van der Waals surface area contributed by atoms with E-state index in [1.54, 1.807) is 23.1 Å². The SMILES string of the molecule is Cc1cc(C#N)cc(C(=O)N2CCOCC2)c1N1CC[C@@H](NC(=O)c2cc(=O)[nH]c3c(F)cccc23)C1. The Morgan fingerprint density at radius 3 is 2.70 bits per heavy atom. The fourth-order valence-electron chi connectivity index (χ4n) is 5.14. The van der Waals surface area contributed by atoms with Gasteiger partial charge >= 0.3 is 0 Å². The molecule has 2 saturated heterocycles. The van der Waals surface area contributed by atoms with Crippen molar-refractivity contribution >= 4 is 28.4 Å². The first-order chi connectivity index (χ1) is 17.9. The summed E-state index contributed by atoms with van der Waals surface area (Å²) in [7, 11) is 0. The molecular formula is C27H26FN5O4.